The second-order valence-corrected chi connectivity index (χ2v) is 6.65. The number of hydrogen-bond donors (Lipinski definition) is 0. The normalized spacial score (nSPS) is 14.0. The highest BCUT2D eigenvalue weighted by Crippen LogP contribution is 2.28. The lowest BCUT2D eigenvalue weighted by Crippen LogP contribution is -2.29. The minimum Gasteiger partial charge on any atom is -0.454 e. The summed E-state index contributed by atoms with van der Waals surface area (Å²) >= 11 is 0. The molecular weight excluding hydrogens is 342 g/mol. The predicted octanol–water partition coefficient (Wildman–Crippen LogP) is 2.66. The Bertz CT molecular complexity index is 1020. The molecule has 27 heavy (non-hydrogen) atoms. The lowest BCUT2D eigenvalue weighted by atomic mass is 9.96. The van der Waals surface area contributed by atoms with Crippen molar-refractivity contribution in [1.82, 2.24) is 14.9 Å². The summed E-state index contributed by atoms with van der Waals surface area (Å²) in [6.45, 7) is 1.23. The molecule has 0 aliphatic carbocycles. The molecule has 0 fully saturated rings. The quantitative estimate of drug-likeness (QED) is 0.525. The van der Waals surface area contributed by atoms with Crippen LogP contribution >= 0.6 is 0 Å². The molecule has 1 aliphatic rings. The minimum atomic E-state index is -0.484. The molecule has 0 bridgehead atoms. The largest absolute Gasteiger partial charge is 0.454 e. The first-order valence-corrected chi connectivity index (χ1v) is 8.83. The number of ether oxygens (including phenoxy) is 1. The maximum absolute atomic E-state index is 12.9. The van der Waals surface area contributed by atoms with Gasteiger partial charge in [-0.2, -0.15) is 0 Å². The Morgan fingerprint density at radius 1 is 1.15 bits per heavy atom. The van der Waals surface area contributed by atoms with Crippen molar-refractivity contribution in [2.75, 3.05) is 20.2 Å². The van der Waals surface area contributed by atoms with Crippen LogP contribution in [0.3, 0.4) is 0 Å². The first-order valence-electron chi connectivity index (χ1n) is 8.83. The molecule has 6 heteroatoms. The van der Waals surface area contributed by atoms with E-state index >= 15 is 0 Å². The van der Waals surface area contributed by atoms with E-state index in [1.54, 1.807) is 12.1 Å². The van der Waals surface area contributed by atoms with Gasteiger partial charge in [-0.3, -0.25) is 14.8 Å². The van der Waals surface area contributed by atoms with Gasteiger partial charge in [0.25, 0.3) is 0 Å². The molecule has 0 saturated carbocycles. The van der Waals surface area contributed by atoms with Gasteiger partial charge in [-0.25, -0.2) is 4.79 Å². The van der Waals surface area contributed by atoms with Gasteiger partial charge in [0.15, 0.2) is 12.4 Å². The van der Waals surface area contributed by atoms with Crippen molar-refractivity contribution >= 4 is 22.7 Å². The Balaban J connectivity index is 1.66. The van der Waals surface area contributed by atoms with E-state index in [0.717, 1.165) is 35.1 Å². The lowest BCUT2D eigenvalue weighted by molar-refractivity contribution is 0.0474. The highest BCUT2D eigenvalue weighted by atomic mass is 16.5. The molecule has 4 rings (SSSR count). The average molecular weight is 361 g/mol. The molecule has 0 spiro atoms. The number of aromatic nitrogens is 2. The third-order valence-corrected chi connectivity index (χ3v) is 4.78. The van der Waals surface area contributed by atoms with Crippen molar-refractivity contribution < 1.29 is 14.3 Å². The summed E-state index contributed by atoms with van der Waals surface area (Å²) in [4.78, 5) is 36.0. The van der Waals surface area contributed by atoms with Crippen LogP contribution in [0.4, 0.5) is 0 Å². The van der Waals surface area contributed by atoms with Crippen LogP contribution in [0.15, 0.2) is 48.8 Å². The van der Waals surface area contributed by atoms with Crippen LogP contribution in [-0.2, 0) is 17.7 Å². The molecule has 3 heterocycles. The number of fused-ring (bicyclic) bond motifs is 2. The van der Waals surface area contributed by atoms with Gasteiger partial charge < -0.3 is 9.64 Å². The third-order valence-electron chi connectivity index (χ3n) is 4.78. The lowest BCUT2D eigenvalue weighted by Gasteiger charge is -2.26. The van der Waals surface area contributed by atoms with Crippen molar-refractivity contribution in [3.05, 3.63) is 71.2 Å². The molecule has 2 aromatic heterocycles. The molecule has 1 aromatic carbocycles. The molecule has 0 amide bonds. The van der Waals surface area contributed by atoms with Crippen molar-refractivity contribution in [3.63, 3.8) is 0 Å². The van der Waals surface area contributed by atoms with Gasteiger partial charge >= 0.3 is 5.97 Å². The number of rotatable bonds is 4. The van der Waals surface area contributed by atoms with E-state index in [9.17, 15) is 9.59 Å². The Morgan fingerprint density at radius 3 is 2.74 bits per heavy atom. The number of likely N-dealkylation sites (N-methyl/N-ethyl adjacent to an activating group) is 1. The Morgan fingerprint density at radius 2 is 1.93 bits per heavy atom. The second-order valence-electron chi connectivity index (χ2n) is 6.65. The monoisotopic (exact) mass is 361 g/mol. The molecule has 0 saturated heterocycles. The Kier molecular flexibility index (Phi) is 4.64. The molecule has 1 aliphatic heterocycles. The van der Waals surface area contributed by atoms with Crippen LogP contribution in [0, 0.1) is 0 Å². The number of hydrogen-bond acceptors (Lipinski definition) is 6. The van der Waals surface area contributed by atoms with Crippen LogP contribution in [0.1, 0.15) is 32.0 Å². The highest BCUT2D eigenvalue weighted by Gasteiger charge is 2.25. The number of benzene rings is 1. The van der Waals surface area contributed by atoms with Crippen molar-refractivity contribution in [2.24, 2.45) is 0 Å². The summed E-state index contributed by atoms with van der Waals surface area (Å²) in [5.74, 6) is -0.738. The number of para-hydroxylation sites is 1. The van der Waals surface area contributed by atoms with Crippen LogP contribution < -0.4 is 0 Å². The van der Waals surface area contributed by atoms with E-state index in [2.05, 4.69) is 9.88 Å². The number of carbonyl (C=O) groups is 2. The van der Waals surface area contributed by atoms with Gasteiger partial charge in [0.2, 0.25) is 0 Å². The van der Waals surface area contributed by atoms with E-state index in [1.807, 2.05) is 31.3 Å². The third kappa shape index (κ3) is 3.44. The van der Waals surface area contributed by atoms with Crippen molar-refractivity contribution in [2.45, 2.75) is 13.0 Å². The topological polar surface area (TPSA) is 72.4 Å². The first kappa shape index (κ1) is 17.3. The van der Waals surface area contributed by atoms with Gasteiger partial charge in [-0.05, 0) is 25.2 Å². The van der Waals surface area contributed by atoms with E-state index in [1.165, 1.54) is 12.4 Å². The van der Waals surface area contributed by atoms with Crippen molar-refractivity contribution in [1.29, 1.82) is 0 Å². The molecule has 6 nitrogen and oxygen atoms in total. The minimum absolute atomic E-state index is 0.255. The molecule has 136 valence electrons. The van der Waals surface area contributed by atoms with Crippen LogP contribution in [0.5, 0.6) is 0 Å². The summed E-state index contributed by atoms with van der Waals surface area (Å²) in [6, 6.07) is 10.8. The zero-order valence-electron chi connectivity index (χ0n) is 15.0. The highest BCUT2D eigenvalue weighted by molar-refractivity contribution is 6.06. The van der Waals surface area contributed by atoms with E-state index < -0.39 is 5.97 Å². The zero-order valence-corrected chi connectivity index (χ0v) is 15.0. The fourth-order valence-electron chi connectivity index (χ4n) is 3.38. The molecule has 0 unspecified atom stereocenters. The summed E-state index contributed by atoms with van der Waals surface area (Å²) in [6.07, 6.45) is 3.86. The molecular formula is C21H19N3O3. The standard InChI is InChI=1S/C21H19N3O3/c1-24-11-8-18-16(12-24)20(15-4-2-3-5-17(15)23-18)21(26)27-13-19(25)14-6-9-22-10-7-14/h2-7,9-10H,8,11-13H2,1H3. The average Bonchev–Trinajstić information content (AvgIpc) is 2.70. The van der Waals surface area contributed by atoms with E-state index in [0.29, 0.717) is 17.7 Å². The molecule has 3 aromatic rings. The number of esters is 1. The summed E-state index contributed by atoms with van der Waals surface area (Å²) in [5, 5.41) is 0.757. The smallest absolute Gasteiger partial charge is 0.339 e. The van der Waals surface area contributed by atoms with Crippen LogP contribution in [0.25, 0.3) is 10.9 Å². The fourth-order valence-corrected chi connectivity index (χ4v) is 3.38. The molecule has 0 N–H and O–H groups in total. The van der Waals surface area contributed by atoms with Crippen molar-refractivity contribution in [3.8, 4) is 0 Å². The maximum atomic E-state index is 12.9. The summed E-state index contributed by atoms with van der Waals surface area (Å²) in [7, 11) is 2.01. The molecule has 0 radical (unpaired) electrons. The predicted molar refractivity (Wildman–Crippen MR) is 101 cm³/mol. The SMILES string of the molecule is CN1CCc2nc3ccccc3c(C(=O)OCC(=O)c3ccncc3)c2C1. The number of carbonyl (C=O) groups excluding carboxylic acids is 2. The summed E-state index contributed by atoms with van der Waals surface area (Å²) in [5.41, 5.74) is 3.58. The fraction of sp³-hybridized carbons (Fsp3) is 0.238. The van der Waals surface area contributed by atoms with E-state index in [-0.39, 0.29) is 12.4 Å². The number of ketones is 1. The van der Waals surface area contributed by atoms with Crippen LogP contribution in [0.2, 0.25) is 0 Å². The number of Topliss-reactive ketones (excluding diaryl/α,β-unsaturated/α-hetero) is 1. The second kappa shape index (κ2) is 7.25. The number of pyridine rings is 2. The Hall–Kier alpha value is -3.12. The number of nitrogens with zero attached hydrogens (tertiary/aromatic N) is 3. The van der Waals surface area contributed by atoms with Gasteiger partial charge in [0, 0.05) is 54.1 Å². The van der Waals surface area contributed by atoms with Gasteiger partial charge in [0.05, 0.1) is 11.1 Å². The van der Waals surface area contributed by atoms with E-state index in [4.69, 9.17) is 9.72 Å². The molecule has 0 atom stereocenters. The van der Waals surface area contributed by atoms with Crippen LogP contribution in [-0.4, -0.2) is 46.8 Å². The zero-order chi connectivity index (χ0) is 18.8. The van der Waals surface area contributed by atoms with Gasteiger partial charge in [0.1, 0.15) is 0 Å². The van der Waals surface area contributed by atoms with Gasteiger partial charge in [-0.1, -0.05) is 18.2 Å². The summed E-state index contributed by atoms with van der Waals surface area (Å²) < 4.78 is 5.40. The van der Waals surface area contributed by atoms with Gasteiger partial charge in [-0.15, -0.1) is 0 Å². The maximum Gasteiger partial charge on any atom is 0.339 e. The Labute approximate surface area is 156 Å². The first-order chi connectivity index (χ1) is 13.1.